The molecule has 0 fully saturated rings. The maximum Gasteiger partial charge on any atom is 0.300 e. The molecule has 0 unspecified atom stereocenters. The molecule has 0 aliphatic rings. The quantitative estimate of drug-likeness (QED) is 0.677. The largest absolute Gasteiger partial charge is 0.481 e. The van der Waals surface area contributed by atoms with E-state index in [-0.39, 0.29) is 57.2 Å². The van der Waals surface area contributed by atoms with Gasteiger partial charge < -0.3 is 5.11 Å². The van der Waals surface area contributed by atoms with Gasteiger partial charge in [-0.3, -0.25) is 4.79 Å². The molecule has 0 aromatic carbocycles. The van der Waals surface area contributed by atoms with Crippen molar-refractivity contribution in [2.45, 2.75) is 6.92 Å². The van der Waals surface area contributed by atoms with Gasteiger partial charge in [0.2, 0.25) is 0 Å². The first-order valence-electron chi connectivity index (χ1n) is 0.928. The Hall–Kier alpha value is 1.31. The number of aliphatic carboxylic acids is 1. The predicted molar refractivity (Wildman–Crippen MR) is 13.3 cm³/mol. The average molecular weight is 269 g/mol. The van der Waals surface area contributed by atoms with Crippen LogP contribution in [-0.2, 0) is 21.6 Å². The van der Waals surface area contributed by atoms with Crippen molar-refractivity contribution in [3.63, 3.8) is 0 Å². The van der Waals surface area contributed by atoms with Crippen molar-refractivity contribution in [1.82, 2.24) is 0 Å². The van der Waals surface area contributed by atoms with Gasteiger partial charge in [-0.15, -0.1) is 0 Å². The van der Waals surface area contributed by atoms with Crippen LogP contribution in [-0.4, -0.2) is 11.1 Å². The average Bonchev–Trinajstić information content (AvgIpc) is 0.811. The van der Waals surface area contributed by atoms with Crippen molar-refractivity contribution in [1.29, 1.82) is 0 Å². The van der Waals surface area contributed by atoms with Crippen LogP contribution in [0.2, 0.25) is 0 Å². The summed E-state index contributed by atoms with van der Waals surface area (Å²) in [6.45, 7) is 1.08. The monoisotopic (exact) mass is 271 g/mol. The SMILES string of the molecule is CC(=O)O.[Co].[Sm]. The Morgan fingerprint density at radius 1 is 1.67 bits per heavy atom. The molecule has 0 saturated carbocycles. The third-order valence-corrected chi connectivity index (χ3v) is 0. The molecule has 0 aliphatic carbocycles. The normalized spacial score (nSPS) is 4.17. The minimum absolute atomic E-state index is 0. The number of carboxylic acids is 1. The molecule has 0 atom stereocenters. The van der Waals surface area contributed by atoms with E-state index in [0.29, 0.717) is 0 Å². The predicted octanol–water partition coefficient (Wildman–Crippen LogP) is 0.0884. The number of hydrogen-bond donors (Lipinski definition) is 1. The van der Waals surface area contributed by atoms with Gasteiger partial charge in [0.25, 0.3) is 5.97 Å². The fourth-order valence-corrected chi connectivity index (χ4v) is 0. The Labute approximate surface area is 79.0 Å². The number of carbonyl (C=O) groups is 1. The topological polar surface area (TPSA) is 37.3 Å². The second-order valence-electron chi connectivity index (χ2n) is 0.519. The second kappa shape index (κ2) is 9.58. The van der Waals surface area contributed by atoms with Crippen LogP contribution >= 0.6 is 0 Å². The van der Waals surface area contributed by atoms with E-state index >= 15 is 0 Å². The van der Waals surface area contributed by atoms with Crippen molar-refractivity contribution in [3.05, 3.63) is 0 Å². The molecule has 0 amide bonds. The van der Waals surface area contributed by atoms with Crippen molar-refractivity contribution in [3.8, 4) is 0 Å². The minimum Gasteiger partial charge on any atom is -0.481 e. The zero-order valence-electron chi connectivity index (χ0n) is 3.10. The summed E-state index contributed by atoms with van der Waals surface area (Å²) < 4.78 is 0. The smallest absolute Gasteiger partial charge is 0.300 e. The summed E-state index contributed by atoms with van der Waals surface area (Å²) in [4.78, 5) is 9.00. The van der Waals surface area contributed by atoms with E-state index in [4.69, 9.17) is 9.90 Å². The molecule has 0 spiro atoms. The van der Waals surface area contributed by atoms with Gasteiger partial charge in [-0.2, -0.15) is 0 Å². The molecule has 0 saturated heterocycles. The van der Waals surface area contributed by atoms with Gasteiger partial charge in [-0.25, -0.2) is 0 Å². The molecule has 4 heteroatoms. The fourth-order valence-electron chi connectivity index (χ4n) is 0. The Morgan fingerprint density at radius 2 is 1.67 bits per heavy atom. The molecule has 0 heterocycles. The van der Waals surface area contributed by atoms with E-state index < -0.39 is 5.97 Å². The first-order valence-corrected chi connectivity index (χ1v) is 0.928. The maximum atomic E-state index is 9.00. The Morgan fingerprint density at radius 3 is 1.67 bits per heavy atom. The molecule has 0 aliphatic heterocycles. The Kier molecular flexibility index (Phi) is 25.0. The van der Waals surface area contributed by atoms with Gasteiger partial charge in [0.1, 0.15) is 0 Å². The third kappa shape index (κ3) is 57.3. The molecular formula is C2H4CoO2Sm. The zero-order chi connectivity index (χ0) is 3.58. The van der Waals surface area contributed by atoms with Gasteiger partial charge in [0.15, 0.2) is 0 Å². The minimum atomic E-state index is -0.833. The van der Waals surface area contributed by atoms with Crippen molar-refractivity contribution in [2.24, 2.45) is 0 Å². The summed E-state index contributed by atoms with van der Waals surface area (Å²) >= 11 is 0. The van der Waals surface area contributed by atoms with Gasteiger partial charge >= 0.3 is 0 Å². The molecule has 1 radical (unpaired) electrons. The maximum absolute atomic E-state index is 9.00. The van der Waals surface area contributed by atoms with Crippen LogP contribution < -0.4 is 0 Å². The molecule has 0 aromatic rings. The molecular weight excluding hydrogens is 265 g/mol. The molecule has 1 N–H and O–H groups in total. The molecule has 0 aromatic heterocycles. The summed E-state index contributed by atoms with van der Waals surface area (Å²) in [6.07, 6.45) is 0. The second-order valence-corrected chi connectivity index (χ2v) is 0.519. The van der Waals surface area contributed by atoms with E-state index in [9.17, 15) is 0 Å². The van der Waals surface area contributed by atoms with Gasteiger partial charge in [0, 0.05) is 64.1 Å². The summed E-state index contributed by atoms with van der Waals surface area (Å²) in [5, 5.41) is 7.42. The van der Waals surface area contributed by atoms with E-state index in [1.54, 1.807) is 0 Å². The van der Waals surface area contributed by atoms with Crippen LogP contribution in [0, 0.1) is 40.4 Å². The van der Waals surface area contributed by atoms with Crippen LogP contribution in [0.25, 0.3) is 0 Å². The Bertz CT molecular complexity index is 34.5. The number of rotatable bonds is 0. The summed E-state index contributed by atoms with van der Waals surface area (Å²) in [6, 6.07) is 0. The molecule has 0 rings (SSSR count). The van der Waals surface area contributed by atoms with E-state index in [0.717, 1.165) is 6.92 Å². The van der Waals surface area contributed by atoms with Crippen molar-refractivity contribution in [2.75, 3.05) is 0 Å². The summed E-state index contributed by atoms with van der Waals surface area (Å²) in [5.41, 5.74) is 0. The van der Waals surface area contributed by atoms with E-state index in [1.807, 2.05) is 0 Å². The Balaban J connectivity index is -0.0000000450. The molecule has 39 valence electrons. The number of carboxylic acid groups (broad SMARTS) is 1. The van der Waals surface area contributed by atoms with E-state index in [1.165, 1.54) is 0 Å². The third-order valence-electron chi connectivity index (χ3n) is 0. The molecule has 0 bridgehead atoms. The van der Waals surface area contributed by atoms with Crippen molar-refractivity contribution < 1.29 is 67.1 Å². The van der Waals surface area contributed by atoms with Crippen LogP contribution in [0.5, 0.6) is 0 Å². The zero-order valence-corrected chi connectivity index (χ0v) is 6.76. The summed E-state index contributed by atoms with van der Waals surface area (Å²) in [5.74, 6) is -0.833. The standard InChI is InChI=1S/C2H4O2.Co.Sm/c1-2(3)4;;/h1H3,(H,3,4);;. The first-order chi connectivity index (χ1) is 1.73. The van der Waals surface area contributed by atoms with Gasteiger partial charge in [0.05, 0.1) is 0 Å². The van der Waals surface area contributed by atoms with Crippen LogP contribution in [0.4, 0.5) is 0 Å². The summed E-state index contributed by atoms with van der Waals surface area (Å²) in [7, 11) is 0. The number of hydrogen-bond acceptors (Lipinski definition) is 1. The first kappa shape index (κ1) is 15.7. The van der Waals surface area contributed by atoms with Crippen LogP contribution in [0.3, 0.4) is 0 Å². The fraction of sp³-hybridized carbons (Fsp3) is 0.500. The van der Waals surface area contributed by atoms with Crippen LogP contribution in [0.1, 0.15) is 6.92 Å². The van der Waals surface area contributed by atoms with Crippen LogP contribution in [0.15, 0.2) is 0 Å². The molecule has 2 nitrogen and oxygen atoms in total. The molecule has 6 heavy (non-hydrogen) atoms. The van der Waals surface area contributed by atoms with Gasteiger partial charge in [-0.1, -0.05) is 0 Å². The van der Waals surface area contributed by atoms with E-state index in [2.05, 4.69) is 0 Å². The van der Waals surface area contributed by atoms with Gasteiger partial charge in [-0.05, 0) is 0 Å². The van der Waals surface area contributed by atoms with Crippen molar-refractivity contribution >= 4 is 5.97 Å².